The van der Waals surface area contributed by atoms with Gasteiger partial charge in [0.2, 0.25) is 0 Å². The molecule has 0 bridgehead atoms. The summed E-state index contributed by atoms with van der Waals surface area (Å²) in [4.78, 5) is 0. The van der Waals surface area contributed by atoms with Gasteiger partial charge in [0, 0.05) is 14.2 Å². The predicted molar refractivity (Wildman–Crippen MR) is 90.2 cm³/mol. The minimum absolute atomic E-state index is 0.431. The highest BCUT2D eigenvalue weighted by Crippen LogP contribution is 2.58. The van der Waals surface area contributed by atoms with Crippen LogP contribution >= 0.6 is 0 Å². The number of ether oxygens (including phenoxy) is 1. The van der Waals surface area contributed by atoms with E-state index < -0.39 is 0 Å². The number of aryl methyl sites for hydroxylation is 1. The van der Waals surface area contributed by atoms with Crippen molar-refractivity contribution in [2.75, 3.05) is 14.2 Å². The minimum atomic E-state index is 0.431. The zero-order chi connectivity index (χ0) is 15.7. The molecule has 0 saturated heterocycles. The van der Waals surface area contributed by atoms with Crippen LogP contribution in [0.5, 0.6) is 5.75 Å². The fraction of sp³-hybridized carbons (Fsp3) is 0.600. The van der Waals surface area contributed by atoms with Gasteiger partial charge in [-0.1, -0.05) is 25.1 Å². The van der Waals surface area contributed by atoms with Gasteiger partial charge >= 0.3 is 0 Å². The van der Waals surface area contributed by atoms with Gasteiger partial charge in [-0.05, 0) is 78.5 Å². The lowest BCUT2D eigenvalue weighted by molar-refractivity contribution is 0.0826. The Labute approximate surface area is 134 Å². The molecule has 4 atom stereocenters. The second-order valence-electron chi connectivity index (χ2n) is 7.39. The monoisotopic (exact) mass is 300 g/mol. The molecule has 0 aliphatic heterocycles. The first-order valence-corrected chi connectivity index (χ1v) is 8.48. The lowest BCUT2D eigenvalue weighted by Gasteiger charge is -2.49. The quantitative estimate of drug-likeness (QED) is 0.705. The first kappa shape index (κ1) is 15.6. The number of fused-ring (bicyclic) bond motifs is 5. The summed E-state index contributed by atoms with van der Waals surface area (Å²) in [5.41, 5.74) is 3.40. The second kappa shape index (κ2) is 6.08. The van der Waals surface area contributed by atoms with Crippen LogP contribution in [0.2, 0.25) is 0 Å². The molecule has 3 aliphatic rings. The van der Waals surface area contributed by atoms with E-state index >= 15 is 0 Å². The summed E-state index contributed by atoms with van der Waals surface area (Å²) in [6, 6.07) is 6.06. The topological polar surface area (TPSA) is 29.5 Å². The Morgan fingerprint density at radius 2 is 2.00 bits per heavy atom. The lowest BCUT2D eigenvalue weighted by atomic mass is 9.56. The fourth-order valence-corrected chi connectivity index (χ4v) is 5.05. The van der Waals surface area contributed by atoms with Crippen molar-refractivity contribution in [3.05, 3.63) is 41.5 Å². The van der Waals surface area contributed by atoms with Crippen molar-refractivity contribution in [2.24, 2.45) is 17.3 Å². The number of aromatic hydroxyl groups is 1. The molecular weight excluding hydrogens is 272 g/mol. The summed E-state index contributed by atoms with van der Waals surface area (Å²) in [6.45, 7) is 2.46. The molecule has 1 aromatic rings. The Morgan fingerprint density at radius 3 is 2.77 bits per heavy atom. The highest BCUT2D eigenvalue weighted by atomic mass is 16.4. The van der Waals surface area contributed by atoms with E-state index in [-0.39, 0.29) is 0 Å². The molecule has 1 aromatic carbocycles. The zero-order valence-electron chi connectivity index (χ0n) is 14.0. The van der Waals surface area contributed by atoms with Crippen LogP contribution in [-0.4, -0.2) is 19.3 Å². The Hall–Kier alpha value is -1.28. The summed E-state index contributed by atoms with van der Waals surface area (Å²) in [6.07, 6.45) is 11.3. The van der Waals surface area contributed by atoms with Crippen molar-refractivity contribution in [1.29, 1.82) is 0 Å². The van der Waals surface area contributed by atoms with E-state index in [1.165, 1.54) is 36.8 Å². The van der Waals surface area contributed by atoms with Gasteiger partial charge in [-0.3, -0.25) is 0 Å². The van der Waals surface area contributed by atoms with Crippen molar-refractivity contribution in [2.45, 2.75) is 44.9 Å². The average molecular weight is 300 g/mol. The van der Waals surface area contributed by atoms with Crippen LogP contribution in [0.4, 0.5) is 0 Å². The first-order valence-electron chi connectivity index (χ1n) is 8.48. The molecule has 0 unspecified atom stereocenters. The average Bonchev–Trinajstić information content (AvgIpc) is 2.89. The summed E-state index contributed by atoms with van der Waals surface area (Å²) in [7, 11) is 3.25. The van der Waals surface area contributed by atoms with Crippen molar-refractivity contribution < 1.29 is 9.84 Å². The summed E-state index contributed by atoms with van der Waals surface area (Å²) < 4.78 is 4.25. The van der Waals surface area contributed by atoms with E-state index in [9.17, 15) is 5.11 Å². The van der Waals surface area contributed by atoms with Crippen LogP contribution in [-0.2, 0) is 11.2 Å². The second-order valence-corrected chi connectivity index (χ2v) is 7.39. The van der Waals surface area contributed by atoms with Crippen LogP contribution in [0.1, 0.15) is 49.7 Å². The minimum Gasteiger partial charge on any atom is -0.508 e. The van der Waals surface area contributed by atoms with Gasteiger partial charge in [0.05, 0.1) is 0 Å². The Kier molecular flexibility index (Phi) is 4.31. The largest absolute Gasteiger partial charge is 0.508 e. The lowest BCUT2D eigenvalue weighted by Crippen LogP contribution is -2.39. The maximum atomic E-state index is 9.67. The highest BCUT2D eigenvalue weighted by Gasteiger charge is 2.48. The molecule has 0 aromatic heterocycles. The maximum absolute atomic E-state index is 9.67. The van der Waals surface area contributed by atoms with Gasteiger partial charge in [0.15, 0.2) is 0 Å². The molecule has 0 spiro atoms. The normalized spacial score (nSPS) is 35.0. The molecule has 120 valence electrons. The van der Waals surface area contributed by atoms with E-state index in [0.717, 1.165) is 24.2 Å². The Bertz CT molecular complexity index is 563. The predicted octanol–water partition coefficient (Wildman–Crippen LogP) is 4.68. The van der Waals surface area contributed by atoms with Gasteiger partial charge in [0.1, 0.15) is 5.75 Å². The van der Waals surface area contributed by atoms with Gasteiger partial charge in [-0.25, -0.2) is 0 Å². The molecule has 1 saturated carbocycles. The van der Waals surface area contributed by atoms with Crippen molar-refractivity contribution >= 4 is 0 Å². The van der Waals surface area contributed by atoms with Gasteiger partial charge in [-0.2, -0.15) is 0 Å². The van der Waals surface area contributed by atoms with E-state index in [1.54, 1.807) is 14.2 Å². The van der Waals surface area contributed by atoms with Crippen molar-refractivity contribution in [3.63, 3.8) is 0 Å². The molecule has 0 heterocycles. The third kappa shape index (κ3) is 2.58. The number of rotatable bonds is 0. The summed E-state index contributed by atoms with van der Waals surface area (Å²) >= 11 is 0. The van der Waals surface area contributed by atoms with Crippen LogP contribution < -0.4 is 0 Å². The maximum Gasteiger partial charge on any atom is 0.115 e. The smallest absolute Gasteiger partial charge is 0.115 e. The van der Waals surface area contributed by atoms with Crippen molar-refractivity contribution in [3.8, 4) is 5.75 Å². The van der Waals surface area contributed by atoms with Crippen LogP contribution in [0.25, 0.3) is 0 Å². The highest BCUT2D eigenvalue weighted by molar-refractivity contribution is 5.40. The molecule has 3 aliphatic carbocycles. The van der Waals surface area contributed by atoms with Gasteiger partial charge in [0.25, 0.3) is 0 Å². The van der Waals surface area contributed by atoms with Crippen LogP contribution in [0, 0.1) is 17.3 Å². The number of phenolic OH excluding ortho intramolecular Hbond substituents is 1. The van der Waals surface area contributed by atoms with Gasteiger partial charge in [-0.15, -0.1) is 0 Å². The molecule has 0 radical (unpaired) electrons. The SMILES string of the molecule is COC.C[C@@]12C=CC[C@H]1[C@@H]1CCc3cc(O)ccc3[C@H]1CC2. The fourth-order valence-electron chi connectivity index (χ4n) is 5.05. The summed E-state index contributed by atoms with van der Waals surface area (Å²) in [5.74, 6) is 2.88. The van der Waals surface area contributed by atoms with E-state index in [0.29, 0.717) is 11.2 Å². The summed E-state index contributed by atoms with van der Waals surface area (Å²) in [5, 5.41) is 9.67. The number of phenols is 1. The third-order valence-corrected chi connectivity index (χ3v) is 6.04. The molecule has 0 amide bonds. The number of hydrogen-bond acceptors (Lipinski definition) is 2. The van der Waals surface area contributed by atoms with E-state index in [2.05, 4.69) is 29.9 Å². The number of methoxy groups -OCH3 is 1. The first-order chi connectivity index (χ1) is 10.6. The molecule has 22 heavy (non-hydrogen) atoms. The molecular formula is C20H28O2. The zero-order valence-corrected chi connectivity index (χ0v) is 14.0. The van der Waals surface area contributed by atoms with Crippen LogP contribution in [0.15, 0.2) is 30.4 Å². The van der Waals surface area contributed by atoms with Crippen molar-refractivity contribution in [1.82, 2.24) is 0 Å². The Balaban J connectivity index is 0.000000446. The molecule has 2 heteroatoms. The number of benzene rings is 1. The Morgan fingerprint density at radius 1 is 1.23 bits per heavy atom. The number of hydrogen-bond donors (Lipinski definition) is 1. The van der Waals surface area contributed by atoms with E-state index in [4.69, 9.17) is 0 Å². The number of allylic oxidation sites excluding steroid dienone is 2. The third-order valence-electron chi connectivity index (χ3n) is 6.04. The van der Waals surface area contributed by atoms with Crippen LogP contribution in [0.3, 0.4) is 0 Å². The molecule has 1 N–H and O–H groups in total. The molecule has 1 fully saturated rings. The van der Waals surface area contributed by atoms with Gasteiger partial charge < -0.3 is 9.84 Å². The standard InChI is InChI=1S/C18H22O.C2H6O/c1-18-9-2-3-17(18)16-6-4-12-11-13(19)5-7-14(12)15(16)8-10-18;1-3-2/h2,5,7,9,11,15-17,19H,3-4,6,8,10H2,1H3;1-2H3/t15-,16-,17+,18+;/m1./s1. The molecule has 4 rings (SSSR count). The molecule has 2 nitrogen and oxygen atoms in total. The van der Waals surface area contributed by atoms with E-state index in [1.807, 2.05) is 12.1 Å².